The topological polar surface area (TPSA) is 113 Å². The van der Waals surface area contributed by atoms with Gasteiger partial charge in [0.1, 0.15) is 5.54 Å². The molecule has 4 atom stereocenters. The summed E-state index contributed by atoms with van der Waals surface area (Å²) < 4.78 is 0. The van der Waals surface area contributed by atoms with E-state index >= 15 is 0 Å². The number of hydrogen-bond donors (Lipinski definition) is 1. The number of carbonyl (C=O) groups excluding carboxylic acids is 3. The molecule has 1 spiro atoms. The first-order valence-corrected chi connectivity index (χ1v) is 11.7. The van der Waals surface area contributed by atoms with E-state index in [1.54, 1.807) is 6.92 Å². The van der Waals surface area contributed by atoms with Crippen molar-refractivity contribution < 1.29 is 19.3 Å². The number of anilines is 2. The molecule has 3 fully saturated rings. The van der Waals surface area contributed by atoms with E-state index in [4.69, 9.17) is 0 Å². The Morgan fingerprint density at radius 2 is 1.97 bits per heavy atom. The maximum Gasteiger partial charge on any atom is 0.269 e. The van der Waals surface area contributed by atoms with Gasteiger partial charge in [0.25, 0.3) is 5.69 Å². The summed E-state index contributed by atoms with van der Waals surface area (Å²) in [6.07, 6.45) is 2.33. The van der Waals surface area contributed by atoms with Gasteiger partial charge in [-0.1, -0.05) is 25.1 Å². The first-order chi connectivity index (χ1) is 16.3. The average molecular weight is 460 g/mol. The van der Waals surface area contributed by atoms with Crippen molar-refractivity contribution >= 4 is 34.8 Å². The van der Waals surface area contributed by atoms with Crippen LogP contribution in [0.4, 0.5) is 17.1 Å². The lowest BCUT2D eigenvalue weighted by Crippen LogP contribution is -2.54. The Labute approximate surface area is 195 Å². The molecule has 3 amide bonds. The second-order valence-electron chi connectivity index (χ2n) is 9.56. The summed E-state index contributed by atoms with van der Waals surface area (Å²) in [5, 5.41) is 14.2. The van der Waals surface area contributed by atoms with Crippen molar-refractivity contribution in [2.75, 3.05) is 16.8 Å². The van der Waals surface area contributed by atoms with Crippen LogP contribution in [0, 0.1) is 28.9 Å². The zero-order valence-electron chi connectivity index (χ0n) is 18.9. The second kappa shape index (κ2) is 6.96. The quantitative estimate of drug-likeness (QED) is 0.428. The summed E-state index contributed by atoms with van der Waals surface area (Å²) >= 11 is 0. The molecule has 2 aromatic rings. The van der Waals surface area contributed by atoms with Gasteiger partial charge in [-0.05, 0) is 49.9 Å². The Balaban J connectivity index is 1.53. The fourth-order valence-corrected chi connectivity index (χ4v) is 6.83. The number of rotatable bonds is 3. The minimum absolute atomic E-state index is 0.102. The molecule has 4 aliphatic rings. The highest BCUT2D eigenvalue weighted by atomic mass is 16.6. The van der Waals surface area contributed by atoms with Gasteiger partial charge in [-0.25, -0.2) is 4.90 Å². The monoisotopic (exact) mass is 460 g/mol. The number of para-hydroxylation sites is 1. The van der Waals surface area contributed by atoms with Crippen molar-refractivity contribution in [1.29, 1.82) is 0 Å². The molecule has 9 heteroatoms. The van der Waals surface area contributed by atoms with Gasteiger partial charge < -0.3 is 5.32 Å². The van der Waals surface area contributed by atoms with Crippen molar-refractivity contribution in [3.8, 4) is 0 Å². The van der Waals surface area contributed by atoms with Crippen molar-refractivity contribution in [2.24, 2.45) is 11.8 Å². The number of imide groups is 1. The Morgan fingerprint density at radius 3 is 2.68 bits per heavy atom. The normalized spacial score (nSPS) is 29.5. The molecular formula is C25H24N4O5. The summed E-state index contributed by atoms with van der Waals surface area (Å²) in [5.41, 5.74) is 2.03. The van der Waals surface area contributed by atoms with Crippen LogP contribution in [0.15, 0.2) is 36.4 Å². The predicted molar refractivity (Wildman–Crippen MR) is 123 cm³/mol. The Hall–Kier alpha value is -3.59. The van der Waals surface area contributed by atoms with Crippen LogP contribution in [0.3, 0.4) is 0 Å². The van der Waals surface area contributed by atoms with Crippen LogP contribution in [0.25, 0.3) is 0 Å². The fourth-order valence-electron chi connectivity index (χ4n) is 6.83. The minimum atomic E-state index is -1.22. The molecule has 3 saturated heterocycles. The highest BCUT2D eigenvalue weighted by Crippen LogP contribution is 2.61. The Morgan fingerprint density at radius 1 is 1.18 bits per heavy atom. The summed E-state index contributed by atoms with van der Waals surface area (Å²) in [6.45, 7) is 4.32. The van der Waals surface area contributed by atoms with Gasteiger partial charge >= 0.3 is 0 Å². The molecule has 1 N–H and O–H groups in total. The van der Waals surface area contributed by atoms with E-state index in [-0.39, 0.29) is 23.5 Å². The first kappa shape index (κ1) is 21.0. The molecule has 174 valence electrons. The van der Waals surface area contributed by atoms with E-state index in [0.717, 1.165) is 36.1 Å². The van der Waals surface area contributed by atoms with E-state index in [2.05, 4.69) is 10.2 Å². The molecule has 0 aliphatic carbocycles. The molecule has 9 nitrogen and oxygen atoms in total. The zero-order valence-corrected chi connectivity index (χ0v) is 18.9. The van der Waals surface area contributed by atoms with Gasteiger partial charge in [-0.3, -0.25) is 29.4 Å². The van der Waals surface area contributed by atoms with E-state index < -0.39 is 28.2 Å². The van der Waals surface area contributed by atoms with Gasteiger partial charge in [0.2, 0.25) is 17.7 Å². The molecule has 0 saturated carbocycles. The second-order valence-corrected chi connectivity index (χ2v) is 9.56. The number of hydrogen-bond acceptors (Lipinski definition) is 6. The maximum absolute atomic E-state index is 14.0. The van der Waals surface area contributed by atoms with Crippen LogP contribution in [0.2, 0.25) is 0 Å². The molecule has 4 heterocycles. The third-order valence-electron chi connectivity index (χ3n) is 8.13. The molecule has 0 bridgehead atoms. The highest BCUT2D eigenvalue weighted by molar-refractivity contribution is 6.26. The lowest BCUT2D eigenvalue weighted by molar-refractivity contribution is -0.384. The van der Waals surface area contributed by atoms with Crippen LogP contribution in [0.5, 0.6) is 0 Å². The smallest absolute Gasteiger partial charge is 0.269 e. The number of nitrogens with one attached hydrogen (secondary N) is 1. The number of nitrogens with zero attached hydrogens (tertiary/aromatic N) is 3. The number of fused-ring (bicyclic) bond motifs is 7. The van der Waals surface area contributed by atoms with Gasteiger partial charge in [0, 0.05) is 29.4 Å². The summed E-state index contributed by atoms with van der Waals surface area (Å²) in [5.74, 6) is -2.45. The van der Waals surface area contributed by atoms with Gasteiger partial charge in [-0.15, -0.1) is 0 Å². The van der Waals surface area contributed by atoms with E-state index in [9.17, 15) is 24.5 Å². The largest absolute Gasteiger partial charge is 0.324 e. The number of aryl methyl sites for hydroxylation is 2. The molecule has 2 aromatic carbocycles. The van der Waals surface area contributed by atoms with E-state index in [0.29, 0.717) is 17.8 Å². The molecule has 0 radical (unpaired) electrons. The maximum atomic E-state index is 14.0. The van der Waals surface area contributed by atoms with Crippen LogP contribution in [-0.4, -0.2) is 40.1 Å². The molecular weight excluding hydrogens is 436 g/mol. The highest BCUT2D eigenvalue weighted by Gasteiger charge is 2.74. The number of benzene rings is 2. The van der Waals surface area contributed by atoms with E-state index in [1.165, 1.54) is 23.1 Å². The number of carbonyl (C=O) groups is 3. The zero-order chi connectivity index (χ0) is 23.9. The van der Waals surface area contributed by atoms with Crippen molar-refractivity contribution in [3.63, 3.8) is 0 Å². The minimum Gasteiger partial charge on any atom is -0.324 e. The van der Waals surface area contributed by atoms with Crippen molar-refractivity contribution in [3.05, 3.63) is 63.2 Å². The lowest BCUT2D eigenvalue weighted by Gasteiger charge is -2.36. The SMILES string of the molecule is CCc1cccc2c1NC(=O)[C@@]21[C@@H]2C(=O)N(c3ccc([N+](=O)[O-])cc3C)C(=O)[C@@H]2[C@@H]2CCCN21. The first-order valence-electron chi connectivity index (χ1n) is 11.7. The van der Waals surface area contributed by atoms with Crippen LogP contribution < -0.4 is 10.2 Å². The average Bonchev–Trinajstić information content (AvgIpc) is 3.52. The standard InChI is InChI=1S/C25H24N4O5/c1-3-14-6-4-7-16-21(14)26-24(32)25(16)20-19(18-8-5-11-27(18)25)22(30)28(23(20)31)17-10-9-15(29(33)34)12-13(17)2/h4,6-7,9-10,12,18-20H,3,5,8,11H2,1-2H3,(H,26,32)/t18-,19+,20-,25-/m0/s1. The van der Waals surface area contributed by atoms with Gasteiger partial charge in [-0.2, -0.15) is 0 Å². The Kier molecular flexibility index (Phi) is 4.29. The summed E-state index contributed by atoms with van der Waals surface area (Å²) in [6, 6.07) is 9.72. The predicted octanol–water partition coefficient (Wildman–Crippen LogP) is 2.90. The van der Waals surface area contributed by atoms with E-state index in [1.807, 2.05) is 25.1 Å². The number of nitro groups is 1. The van der Waals surface area contributed by atoms with Crippen LogP contribution in [0.1, 0.15) is 36.5 Å². The summed E-state index contributed by atoms with van der Waals surface area (Å²) in [7, 11) is 0. The van der Waals surface area contributed by atoms with Crippen molar-refractivity contribution in [1.82, 2.24) is 4.90 Å². The molecule has 6 rings (SSSR count). The molecule has 34 heavy (non-hydrogen) atoms. The van der Waals surface area contributed by atoms with Gasteiger partial charge in [0.05, 0.1) is 22.4 Å². The third kappa shape index (κ3) is 2.34. The van der Waals surface area contributed by atoms with Crippen LogP contribution in [-0.2, 0) is 26.3 Å². The fraction of sp³-hybridized carbons (Fsp3) is 0.400. The van der Waals surface area contributed by atoms with Crippen molar-refractivity contribution in [2.45, 2.75) is 44.7 Å². The summed E-state index contributed by atoms with van der Waals surface area (Å²) in [4.78, 5) is 55.6. The third-order valence-corrected chi connectivity index (χ3v) is 8.13. The molecule has 0 aromatic heterocycles. The molecule has 4 aliphatic heterocycles. The number of nitro benzene ring substituents is 1. The number of non-ortho nitro benzene ring substituents is 1. The van der Waals surface area contributed by atoms with Gasteiger partial charge in [0.15, 0.2) is 0 Å². The number of amides is 3. The van der Waals surface area contributed by atoms with Crippen LogP contribution >= 0.6 is 0 Å². The molecule has 0 unspecified atom stereocenters. The lowest BCUT2D eigenvalue weighted by atomic mass is 9.75. The Bertz CT molecular complexity index is 1310.